The molecule has 0 saturated carbocycles. The summed E-state index contributed by atoms with van der Waals surface area (Å²) >= 11 is 0. The minimum absolute atomic E-state index is 0.151. The molecule has 1 N–H and O–H groups in total. The van der Waals surface area contributed by atoms with Crippen molar-refractivity contribution in [2.45, 2.75) is 32.4 Å². The summed E-state index contributed by atoms with van der Waals surface area (Å²) in [6.45, 7) is 4.45. The van der Waals surface area contributed by atoms with Crippen LogP contribution in [0, 0.1) is 24.1 Å². The van der Waals surface area contributed by atoms with Gasteiger partial charge >= 0.3 is 0 Å². The lowest BCUT2D eigenvalue weighted by molar-refractivity contribution is 0.412. The van der Waals surface area contributed by atoms with Crippen molar-refractivity contribution in [3.8, 4) is 6.07 Å². The fourth-order valence-electron chi connectivity index (χ4n) is 3.03. The number of pyridine rings is 1. The maximum atomic E-state index is 13.3. The molecule has 3 rings (SSSR count). The van der Waals surface area contributed by atoms with E-state index in [1.54, 1.807) is 13.1 Å². The number of hydrogen-bond acceptors (Lipinski definition) is 4. The summed E-state index contributed by atoms with van der Waals surface area (Å²) in [7, 11) is 0. The minimum Gasteiger partial charge on any atom is -0.357 e. The van der Waals surface area contributed by atoms with E-state index in [-0.39, 0.29) is 5.82 Å². The molecule has 1 aliphatic heterocycles. The third-order valence-electron chi connectivity index (χ3n) is 4.51. The third-order valence-corrected chi connectivity index (χ3v) is 4.51. The normalized spacial score (nSPS) is 15.3. The highest BCUT2D eigenvalue weighted by molar-refractivity contribution is 5.42. The van der Waals surface area contributed by atoms with E-state index in [9.17, 15) is 4.39 Å². The first-order valence-electron chi connectivity index (χ1n) is 8.25. The summed E-state index contributed by atoms with van der Waals surface area (Å²) in [5, 5.41) is 12.4. The standard InChI is InChI=1S/C19H21FN4/c1-14-10-15(2-4-18(14)20)12-22-17-6-8-24(9-7-17)19-5-3-16(11-21)13-23-19/h2-5,10,13,17,22H,6-9,12H2,1H3. The van der Waals surface area contributed by atoms with E-state index < -0.39 is 0 Å². The van der Waals surface area contributed by atoms with Crippen molar-refractivity contribution in [1.29, 1.82) is 5.26 Å². The largest absolute Gasteiger partial charge is 0.357 e. The molecule has 0 aliphatic carbocycles. The Labute approximate surface area is 141 Å². The van der Waals surface area contributed by atoms with Crippen LogP contribution in [0.1, 0.15) is 29.5 Å². The average Bonchev–Trinajstić information content (AvgIpc) is 2.63. The number of piperidine rings is 1. The molecule has 0 amide bonds. The zero-order valence-electron chi connectivity index (χ0n) is 13.8. The van der Waals surface area contributed by atoms with E-state index in [0.29, 0.717) is 17.2 Å². The van der Waals surface area contributed by atoms with Crippen molar-refractivity contribution in [1.82, 2.24) is 10.3 Å². The lowest BCUT2D eigenvalue weighted by Gasteiger charge is -2.33. The number of benzene rings is 1. The molecule has 1 saturated heterocycles. The predicted octanol–water partition coefficient (Wildman–Crippen LogP) is 3.16. The second-order valence-electron chi connectivity index (χ2n) is 6.24. The van der Waals surface area contributed by atoms with Gasteiger partial charge in [-0.15, -0.1) is 0 Å². The van der Waals surface area contributed by atoms with Gasteiger partial charge in [-0.2, -0.15) is 5.26 Å². The highest BCUT2D eigenvalue weighted by atomic mass is 19.1. The number of nitrogens with one attached hydrogen (secondary N) is 1. The molecule has 0 bridgehead atoms. The van der Waals surface area contributed by atoms with Gasteiger partial charge in [0.25, 0.3) is 0 Å². The van der Waals surface area contributed by atoms with Gasteiger partial charge in [-0.05, 0) is 49.1 Å². The summed E-state index contributed by atoms with van der Waals surface area (Å²) in [6.07, 6.45) is 3.71. The Hall–Kier alpha value is -2.45. The van der Waals surface area contributed by atoms with Crippen LogP contribution in [0.3, 0.4) is 0 Å². The van der Waals surface area contributed by atoms with Crippen molar-refractivity contribution >= 4 is 5.82 Å². The molecule has 124 valence electrons. The Morgan fingerprint density at radius 1 is 1.29 bits per heavy atom. The summed E-state index contributed by atoms with van der Waals surface area (Å²) in [4.78, 5) is 6.61. The molecule has 24 heavy (non-hydrogen) atoms. The van der Waals surface area contributed by atoms with Gasteiger partial charge < -0.3 is 10.2 Å². The molecule has 1 aromatic carbocycles. The zero-order chi connectivity index (χ0) is 16.9. The van der Waals surface area contributed by atoms with Gasteiger partial charge in [0.1, 0.15) is 17.7 Å². The molecule has 1 aliphatic rings. The molecular formula is C19H21FN4. The fraction of sp³-hybridized carbons (Fsp3) is 0.368. The van der Waals surface area contributed by atoms with Crippen LogP contribution < -0.4 is 10.2 Å². The van der Waals surface area contributed by atoms with Crippen LogP contribution >= 0.6 is 0 Å². The average molecular weight is 324 g/mol. The zero-order valence-corrected chi connectivity index (χ0v) is 13.8. The van der Waals surface area contributed by atoms with Crippen LogP contribution in [0.5, 0.6) is 0 Å². The Morgan fingerprint density at radius 2 is 2.08 bits per heavy atom. The first kappa shape index (κ1) is 16.4. The number of hydrogen-bond donors (Lipinski definition) is 1. The van der Waals surface area contributed by atoms with Crippen molar-refractivity contribution in [2.24, 2.45) is 0 Å². The van der Waals surface area contributed by atoms with Crippen LogP contribution in [0.25, 0.3) is 0 Å². The van der Waals surface area contributed by atoms with E-state index in [4.69, 9.17) is 5.26 Å². The smallest absolute Gasteiger partial charge is 0.128 e. The number of halogens is 1. The van der Waals surface area contributed by atoms with Crippen LogP contribution in [-0.2, 0) is 6.54 Å². The van der Waals surface area contributed by atoms with Crippen molar-refractivity contribution in [3.63, 3.8) is 0 Å². The van der Waals surface area contributed by atoms with Gasteiger partial charge in [-0.25, -0.2) is 9.37 Å². The Kier molecular flexibility index (Phi) is 5.07. The highest BCUT2D eigenvalue weighted by Crippen LogP contribution is 2.18. The quantitative estimate of drug-likeness (QED) is 0.938. The lowest BCUT2D eigenvalue weighted by atomic mass is 10.0. The second-order valence-corrected chi connectivity index (χ2v) is 6.24. The number of rotatable bonds is 4. The summed E-state index contributed by atoms with van der Waals surface area (Å²) in [5.74, 6) is 0.781. The number of aryl methyl sites for hydroxylation is 1. The maximum absolute atomic E-state index is 13.3. The molecule has 2 heterocycles. The summed E-state index contributed by atoms with van der Waals surface area (Å²) in [6, 6.07) is 11.5. The molecule has 4 nitrogen and oxygen atoms in total. The van der Waals surface area contributed by atoms with Crippen molar-refractivity contribution in [3.05, 3.63) is 59.0 Å². The number of aromatic nitrogens is 1. The molecule has 0 spiro atoms. The van der Waals surface area contributed by atoms with E-state index in [0.717, 1.165) is 43.9 Å². The van der Waals surface area contributed by atoms with Crippen molar-refractivity contribution < 1.29 is 4.39 Å². The lowest BCUT2D eigenvalue weighted by Crippen LogP contribution is -2.42. The van der Waals surface area contributed by atoms with Gasteiger partial charge in [0, 0.05) is 31.9 Å². The molecule has 2 aromatic rings. The molecule has 0 unspecified atom stereocenters. The van der Waals surface area contributed by atoms with Gasteiger partial charge in [-0.3, -0.25) is 0 Å². The molecule has 0 atom stereocenters. The predicted molar refractivity (Wildman–Crippen MR) is 92.2 cm³/mol. The first-order valence-corrected chi connectivity index (χ1v) is 8.25. The van der Waals surface area contributed by atoms with E-state index in [2.05, 4.69) is 21.3 Å². The molecule has 0 radical (unpaired) electrons. The Balaban J connectivity index is 1.49. The molecule has 1 fully saturated rings. The Bertz CT molecular complexity index is 728. The number of anilines is 1. The summed E-state index contributed by atoms with van der Waals surface area (Å²) < 4.78 is 13.3. The van der Waals surface area contributed by atoms with Gasteiger partial charge in [-0.1, -0.05) is 12.1 Å². The second kappa shape index (κ2) is 7.41. The minimum atomic E-state index is -0.151. The third kappa shape index (κ3) is 3.90. The number of nitriles is 1. The molecular weight excluding hydrogens is 303 g/mol. The van der Waals surface area contributed by atoms with Crippen LogP contribution in [-0.4, -0.2) is 24.1 Å². The SMILES string of the molecule is Cc1cc(CNC2CCN(c3ccc(C#N)cn3)CC2)ccc1F. The van der Waals surface area contributed by atoms with E-state index in [1.165, 1.54) is 6.07 Å². The fourth-order valence-corrected chi connectivity index (χ4v) is 3.03. The van der Waals surface area contributed by atoms with Crippen LogP contribution in [0.2, 0.25) is 0 Å². The van der Waals surface area contributed by atoms with Gasteiger partial charge in [0.05, 0.1) is 5.56 Å². The highest BCUT2D eigenvalue weighted by Gasteiger charge is 2.19. The Morgan fingerprint density at radius 3 is 2.71 bits per heavy atom. The van der Waals surface area contributed by atoms with E-state index in [1.807, 2.05) is 24.3 Å². The van der Waals surface area contributed by atoms with E-state index >= 15 is 0 Å². The molecule has 5 heteroatoms. The van der Waals surface area contributed by atoms with Crippen molar-refractivity contribution in [2.75, 3.05) is 18.0 Å². The van der Waals surface area contributed by atoms with Crippen LogP contribution in [0.15, 0.2) is 36.5 Å². The number of nitrogens with zero attached hydrogens (tertiary/aromatic N) is 3. The van der Waals surface area contributed by atoms with Gasteiger partial charge in [0.15, 0.2) is 0 Å². The topological polar surface area (TPSA) is 52.0 Å². The maximum Gasteiger partial charge on any atom is 0.128 e. The van der Waals surface area contributed by atoms with Gasteiger partial charge in [0.2, 0.25) is 0 Å². The summed E-state index contributed by atoms with van der Waals surface area (Å²) in [5.41, 5.74) is 2.39. The van der Waals surface area contributed by atoms with Crippen LogP contribution in [0.4, 0.5) is 10.2 Å². The first-order chi connectivity index (χ1) is 11.7. The monoisotopic (exact) mass is 324 g/mol. The molecule has 1 aromatic heterocycles.